The highest BCUT2D eigenvalue weighted by molar-refractivity contribution is 6.04. The average molecular weight is 369 g/mol. The molecular weight excluding hydrogens is 342 g/mol. The Hall–Kier alpha value is -2.82. The van der Waals surface area contributed by atoms with E-state index in [1.165, 1.54) is 0 Å². The molecule has 0 aliphatic rings. The zero-order valence-electron chi connectivity index (χ0n) is 16.3. The molecule has 2 aromatic carbocycles. The van der Waals surface area contributed by atoms with Gasteiger partial charge in [0.25, 0.3) is 5.91 Å². The van der Waals surface area contributed by atoms with Crippen LogP contribution in [0.5, 0.6) is 5.75 Å². The van der Waals surface area contributed by atoms with Gasteiger partial charge in [-0.05, 0) is 55.2 Å². The fourth-order valence-electron chi connectivity index (χ4n) is 2.45. The van der Waals surface area contributed by atoms with E-state index in [-0.39, 0.29) is 11.8 Å². The van der Waals surface area contributed by atoms with Crippen LogP contribution >= 0.6 is 0 Å². The van der Waals surface area contributed by atoms with Crippen molar-refractivity contribution in [1.82, 2.24) is 0 Å². The van der Waals surface area contributed by atoms with Crippen LogP contribution in [0.2, 0.25) is 0 Å². The van der Waals surface area contributed by atoms with E-state index in [2.05, 4.69) is 5.32 Å². The number of rotatable bonds is 8. The molecule has 2 aromatic rings. The molecule has 1 N–H and O–H groups in total. The summed E-state index contributed by atoms with van der Waals surface area (Å²) in [6.45, 7) is 8.00. The predicted molar refractivity (Wildman–Crippen MR) is 106 cm³/mol. The Labute approximate surface area is 160 Å². The van der Waals surface area contributed by atoms with E-state index in [0.29, 0.717) is 17.9 Å². The lowest BCUT2D eigenvalue weighted by Gasteiger charge is -2.15. The molecule has 0 spiro atoms. The van der Waals surface area contributed by atoms with Crippen LogP contribution in [-0.2, 0) is 16.0 Å². The first-order chi connectivity index (χ1) is 12.9. The monoisotopic (exact) mass is 369 g/mol. The number of ether oxygens (including phenoxy) is 2. The van der Waals surface area contributed by atoms with Gasteiger partial charge in [-0.1, -0.05) is 39.0 Å². The van der Waals surface area contributed by atoms with Gasteiger partial charge in [-0.2, -0.15) is 0 Å². The van der Waals surface area contributed by atoms with Gasteiger partial charge in [-0.25, -0.2) is 4.79 Å². The van der Waals surface area contributed by atoms with E-state index in [1.807, 2.05) is 45.0 Å². The van der Waals surface area contributed by atoms with Crippen molar-refractivity contribution in [3.8, 4) is 5.75 Å². The molecule has 2 rings (SSSR count). The normalized spacial score (nSPS) is 11.7. The van der Waals surface area contributed by atoms with E-state index in [1.54, 1.807) is 31.2 Å². The molecule has 27 heavy (non-hydrogen) atoms. The largest absolute Gasteiger partial charge is 0.479 e. The fraction of sp³-hybridized carbons (Fsp3) is 0.364. The van der Waals surface area contributed by atoms with Gasteiger partial charge in [0.15, 0.2) is 6.10 Å². The van der Waals surface area contributed by atoms with Crippen molar-refractivity contribution < 1.29 is 19.1 Å². The second-order valence-electron chi connectivity index (χ2n) is 6.77. The number of hydrogen-bond acceptors (Lipinski definition) is 4. The highest BCUT2D eigenvalue weighted by Gasteiger charge is 2.17. The summed E-state index contributed by atoms with van der Waals surface area (Å²) in [5, 5.41) is 2.93. The zero-order valence-corrected chi connectivity index (χ0v) is 16.3. The standard InChI is InChI=1S/C22H27NO4/c1-5-17-8-6-7-9-20(17)23-21(24)18-10-12-19(13-11-18)27-16(4)22(25)26-14-15(2)3/h6-13,15-16H,5,14H2,1-4H3,(H,23,24)/t16-/m0/s1. The van der Waals surface area contributed by atoms with Crippen molar-refractivity contribution in [2.75, 3.05) is 11.9 Å². The molecule has 0 heterocycles. The minimum atomic E-state index is -0.708. The average Bonchev–Trinajstić information content (AvgIpc) is 2.66. The molecule has 0 bridgehead atoms. The van der Waals surface area contributed by atoms with Gasteiger partial charge in [0.2, 0.25) is 0 Å². The number of carbonyl (C=O) groups is 2. The molecule has 1 atom stereocenters. The Morgan fingerprint density at radius 3 is 2.30 bits per heavy atom. The fourth-order valence-corrected chi connectivity index (χ4v) is 2.45. The number of amides is 1. The van der Waals surface area contributed by atoms with Gasteiger partial charge >= 0.3 is 5.97 Å². The molecule has 0 aliphatic carbocycles. The van der Waals surface area contributed by atoms with E-state index >= 15 is 0 Å². The molecule has 1 amide bonds. The molecule has 0 aromatic heterocycles. The van der Waals surface area contributed by atoms with Crippen molar-refractivity contribution in [3.05, 3.63) is 59.7 Å². The highest BCUT2D eigenvalue weighted by Crippen LogP contribution is 2.19. The lowest BCUT2D eigenvalue weighted by atomic mass is 10.1. The van der Waals surface area contributed by atoms with Gasteiger partial charge in [0, 0.05) is 11.3 Å². The number of anilines is 1. The van der Waals surface area contributed by atoms with Gasteiger partial charge in [-0.3, -0.25) is 4.79 Å². The first-order valence-electron chi connectivity index (χ1n) is 9.23. The summed E-state index contributed by atoms with van der Waals surface area (Å²) in [4.78, 5) is 24.3. The SMILES string of the molecule is CCc1ccccc1NC(=O)c1ccc(O[C@@H](C)C(=O)OCC(C)C)cc1. The summed E-state index contributed by atoms with van der Waals surface area (Å²) in [6.07, 6.45) is 0.133. The van der Waals surface area contributed by atoms with Crippen LogP contribution in [0.3, 0.4) is 0 Å². The van der Waals surface area contributed by atoms with Crippen LogP contribution < -0.4 is 10.1 Å². The summed E-state index contributed by atoms with van der Waals surface area (Å²) >= 11 is 0. The number of benzene rings is 2. The maximum absolute atomic E-state index is 12.4. The first-order valence-corrected chi connectivity index (χ1v) is 9.23. The summed E-state index contributed by atoms with van der Waals surface area (Å²) in [5.41, 5.74) is 2.41. The van der Waals surface area contributed by atoms with Crippen LogP contribution in [0.25, 0.3) is 0 Å². The molecule has 0 aliphatic heterocycles. The number of esters is 1. The number of nitrogens with one attached hydrogen (secondary N) is 1. The van der Waals surface area contributed by atoms with Crippen LogP contribution in [0.15, 0.2) is 48.5 Å². The van der Waals surface area contributed by atoms with Gasteiger partial charge in [0.05, 0.1) is 6.61 Å². The molecule has 144 valence electrons. The van der Waals surface area contributed by atoms with Crippen molar-refractivity contribution in [1.29, 1.82) is 0 Å². The molecule has 0 radical (unpaired) electrons. The first kappa shape index (κ1) is 20.5. The second kappa shape index (κ2) is 9.76. The lowest BCUT2D eigenvalue weighted by molar-refractivity contribution is -0.152. The van der Waals surface area contributed by atoms with E-state index in [4.69, 9.17) is 9.47 Å². The van der Waals surface area contributed by atoms with Crippen molar-refractivity contribution in [2.24, 2.45) is 5.92 Å². The van der Waals surface area contributed by atoms with Crippen LogP contribution in [0, 0.1) is 5.92 Å². The maximum Gasteiger partial charge on any atom is 0.347 e. The Kier molecular flexibility index (Phi) is 7.41. The van der Waals surface area contributed by atoms with E-state index < -0.39 is 12.1 Å². The minimum absolute atomic E-state index is 0.188. The highest BCUT2D eigenvalue weighted by atomic mass is 16.6. The molecule has 0 saturated carbocycles. The predicted octanol–water partition coefficient (Wildman–Crippen LogP) is 4.47. The van der Waals surface area contributed by atoms with Gasteiger partial charge in [0.1, 0.15) is 5.75 Å². The quantitative estimate of drug-likeness (QED) is 0.698. The van der Waals surface area contributed by atoms with Gasteiger partial charge < -0.3 is 14.8 Å². The van der Waals surface area contributed by atoms with Crippen molar-refractivity contribution >= 4 is 17.6 Å². The number of hydrogen-bond donors (Lipinski definition) is 1. The van der Waals surface area contributed by atoms with Crippen LogP contribution in [-0.4, -0.2) is 24.6 Å². The Morgan fingerprint density at radius 1 is 1.00 bits per heavy atom. The van der Waals surface area contributed by atoms with Gasteiger partial charge in [-0.15, -0.1) is 0 Å². The topological polar surface area (TPSA) is 64.6 Å². The Balaban J connectivity index is 1.96. The summed E-state index contributed by atoms with van der Waals surface area (Å²) in [7, 11) is 0. The molecule has 5 heteroatoms. The van der Waals surface area contributed by atoms with Crippen LogP contribution in [0.4, 0.5) is 5.69 Å². The second-order valence-corrected chi connectivity index (χ2v) is 6.77. The Morgan fingerprint density at radius 2 is 1.67 bits per heavy atom. The maximum atomic E-state index is 12.4. The molecular formula is C22H27NO4. The third-order valence-corrected chi connectivity index (χ3v) is 3.97. The zero-order chi connectivity index (χ0) is 19.8. The summed E-state index contributed by atoms with van der Waals surface area (Å²) < 4.78 is 10.8. The number of carbonyl (C=O) groups excluding carboxylic acids is 2. The number of aryl methyl sites for hydroxylation is 1. The number of para-hydroxylation sites is 1. The lowest BCUT2D eigenvalue weighted by Crippen LogP contribution is -2.27. The summed E-state index contributed by atoms with van der Waals surface area (Å²) in [6, 6.07) is 14.4. The van der Waals surface area contributed by atoms with Crippen molar-refractivity contribution in [3.63, 3.8) is 0 Å². The van der Waals surface area contributed by atoms with Crippen molar-refractivity contribution in [2.45, 2.75) is 40.2 Å². The smallest absolute Gasteiger partial charge is 0.347 e. The third-order valence-electron chi connectivity index (χ3n) is 3.97. The molecule has 0 unspecified atom stereocenters. The third kappa shape index (κ3) is 6.13. The molecule has 0 saturated heterocycles. The van der Waals surface area contributed by atoms with E-state index in [0.717, 1.165) is 17.7 Å². The van der Waals surface area contributed by atoms with E-state index in [9.17, 15) is 9.59 Å². The minimum Gasteiger partial charge on any atom is -0.479 e. The molecule has 0 fully saturated rings. The summed E-state index contributed by atoms with van der Waals surface area (Å²) in [5.74, 6) is 0.194. The Bertz CT molecular complexity index is 768. The van der Waals surface area contributed by atoms with Crippen LogP contribution in [0.1, 0.15) is 43.6 Å². The molecule has 5 nitrogen and oxygen atoms in total.